The Kier molecular flexibility index (Phi) is 5.84. The van der Waals surface area contributed by atoms with Gasteiger partial charge in [-0.1, -0.05) is 54.1 Å². The number of hydrogen-bond donors (Lipinski definition) is 0. The maximum absolute atomic E-state index is 12.5. The van der Waals surface area contributed by atoms with Gasteiger partial charge < -0.3 is 4.74 Å². The molecule has 0 radical (unpaired) electrons. The number of ketones is 1. The second-order valence-corrected chi connectivity index (χ2v) is 6.42. The Labute approximate surface area is 162 Å². The number of halogens is 1. The van der Waals surface area contributed by atoms with Gasteiger partial charge in [-0.25, -0.2) is 4.79 Å². The molecule has 0 spiro atoms. The Balaban J connectivity index is 1.69. The van der Waals surface area contributed by atoms with Crippen LogP contribution >= 0.6 is 11.6 Å². The van der Waals surface area contributed by atoms with Crippen molar-refractivity contribution < 1.29 is 14.3 Å². The molecule has 3 aromatic rings. The fourth-order valence-electron chi connectivity index (χ4n) is 2.54. The number of ether oxygens (including phenoxy) is 1. The van der Waals surface area contributed by atoms with Gasteiger partial charge in [-0.05, 0) is 54.5 Å². The molecule has 0 bridgehead atoms. The highest BCUT2D eigenvalue weighted by molar-refractivity contribution is 6.30. The van der Waals surface area contributed by atoms with Crippen LogP contribution in [0.5, 0.6) is 5.75 Å². The zero-order chi connectivity index (χ0) is 19.2. The molecule has 0 N–H and O–H groups in total. The van der Waals surface area contributed by atoms with Crippen molar-refractivity contribution in [2.24, 2.45) is 0 Å². The molecule has 0 amide bonds. The number of carbonyl (C=O) groups is 2. The van der Waals surface area contributed by atoms with Crippen LogP contribution in [0, 0.1) is 6.92 Å². The third-order valence-corrected chi connectivity index (χ3v) is 4.22. The van der Waals surface area contributed by atoms with E-state index in [1.54, 1.807) is 67.6 Å². The first-order valence-corrected chi connectivity index (χ1v) is 8.76. The molecule has 3 aromatic carbocycles. The number of esters is 1. The van der Waals surface area contributed by atoms with Gasteiger partial charge in [0.25, 0.3) is 0 Å². The summed E-state index contributed by atoms with van der Waals surface area (Å²) in [4.78, 5) is 24.5. The van der Waals surface area contributed by atoms with Gasteiger partial charge in [0, 0.05) is 22.2 Å². The van der Waals surface area contributed by atoms with Crippen LogP contribution in [0.15, 0.2) is 78.9 Å². The SMILES string of the molecule is Cc1cc(C(=O)c2ccccc2)ccc1OC(=O)/C=C/c1ccc(Cl)cc1. The van der Waals surface area contributed by atoms with E-state index >= 15 is 0 Å². The molecule has 0 atom stereocenters. The minimum Gasteiger partial charge on any atom is -0.423 e. The molecule has 0 unspecified atom stereocenters. The summed E-state index contributed by atoms with van der Waals surface area (Å²) in [5, 5.41) is 0.635. The van der Waals surface area contributed by atoms with Crippen molar-refractivity contribution in [2.75, 3.05) is 0 Å². The maximum Gasteiger partial charge on any atom is 0.336 e. The Morgan fingerprint density at radius 1 is 0.889 bits per heavy atom. The summed E-state index contributed by atoms with van der Waals surface area (Å²) in [6.45, 7) is 1.80. The first-order valence-electron chi connectivity index (χ1n) is 8.39. The van der Waals surface area contributed by atoms with Crippen LogP contribution in [0.4, 0.5) is 0 Å². The molecule has 0 saturated carbocycles. The summed E-state index contributed by atoms with van der Waals surface area (Å²) in [7, 11) is 0. The monoisotopic (exact) mass is 376 g/mol. The topological polar surface area (TPSA) is 43.4 Å². The van der Waals surface area contributed by atoms with E-state index in [2.05, 4.69) is 0 Å². The largest absolute Gasteiger partial charge is 0.423 e. The molecule has 0 fully saturated rings. The van der Waals surface area contributed by atoms with Crippen LogP contribution in [0.1, 0.15) is 27.0 Å². The van der Waals surface area contributed by atoms with E-state index < -0.39 is 5.97 Å². The fourth-order valence-corrected chi connectivity index (χ4v) is 2.67. The number of rotatable bonds is 5. The number of hydrogen-bond acceptors (Lipinski definition) is 3. The Hall–Kier alpha value is -3.17. The predicted molar refractivity (Wildman–Crippen MR) is 107 cm³/mol. The van der Waals surface area contributed by atoms with Gasteiger partial charge in [0.05, 0.1) is 0 Å². The van der Waals surface area contributed by atoms with Gasteiger partial charge in [0.2, 0.25) is 0 Å². The molecule has 0 aliphatic carbocycles. The lowest BCUT2D eigenvalue weighted by molar-refractivity contribution is -0.128. The van der Waals surface area contributed by atoms with E-state index in [1.165, 1.54) is 6.08 Å². The quantitative estimate of drug-likeness (QED) is 0.255. The van der Waals surface area contributed by atoms with Gasteiger partial charge in [0.15, 0.2) is 5.78 Å². The first-order chi connectivity index (χ1) is 13.0. The normalized spacial score (nSPS) is 10.7. The molecule has 4 heteroatoms. The third-order valence-electron chi connectivity index (χ3n) is 3.97. The zero-order valence-electron chi connectivity index (χ0n) is 14.7. The number of carbonyl (C=O) groups excluding carboxylic acids is 2. The minimum atomic E-state index is -0.491. The molecule has 3 rings (SSSR count). The van der Waals surface area contributed by atoms with Crippen LogP contribution in [-0.4, -0.2) is 11.8 Å². The molecule has 0 heterocycles. The van der Waals surface area contributed by atoms with Crippen molar-refractivity contribution in [3.63, 3.8) is 0 Å². The molecule has 0 aliphatic heterocycles. The Morgan fingerprint density at radius 3 is 2.26 bits per heavy atom. The molecular weight excluding hydrogens is 360 g/mol. The average molecular weight is 377 g/mol. The van der Waals surface area contributed by atoms with Gasteiger partial charge >= 0.3 is 5.97 Å². The van der Waals surface area contributed by atoms with E-state index in [4.69, 9.17) is 16.3 Å². The fraction of sp³-hybridized carbons (Fsp3) is 0.0435. The lowest BCUT2D eigenvalue weighted by Gasteiger charge is -2.08. The standard InChI is InChI=1S/C23H17ClO3/c1-16-15-19(23(26)18-5-3-2-4-6-18)10-13-21(16)27-22(25)14-9-17-7-11-20(24)12-8-17/h2-15H,1H3/b14-9+. The first kappa shape index (κ1) is 18.6. The summed E-state index contributed by atoms with van der Waals surface area (Å²) in [5.74, 6) is -0.139. The third kappa shape index (κ3) is 4.93. The second kappa shape index (κ2) is 8.47. The van der Waals surface area contributed by atoms with Crippen molar-refractivity contribution in [2.45, 2.75) is 6.92 Å². The summed E-state index contributed by atoms with van der Waals surface area (Å²) >= 11 is 5.83. The summed E-state index contributed by atoms with van der Waals surface area (Å²) in [5.41, 5.74) is 2.73. The average Bonchev–Trinajstić information content (AvgIpc) is 2.69. The van der Waals surface area contributed by atoms with Gasteiger partial charge in [-0.2, -0.15) is 0 Å². The molecule has 0 aliphatic rings. The van der Waals surface area contributed by atoms with E-state index in [0.717, 1.165) is 5.56 Å². The van der Waals surface area contributed by atoms with E-state index in [0.29, 0.717) is 27.5 Å². The van der Waals surface area contributed by atoms with E-state index in [9.17, 15) is 9.59 Å². The van der Waals surface area contributed by atoms with Crippen LogP contribution in [0.2, 0.25) is 5.02 Å². The van der Waals surface area contributed by atoms with Gasteiger partial charge in [-0.3, -0.25) is 4.79 Å². The van der Waals surface area contributed by atoms with Crippen molar-refractivity contribution in [1.82, 2.24) is 0 Å². The summed E-state index contributed by atoms with van der Waals surface area (Å²) in [6.07, 6.45) is 3.01. The van der Waals surface area contributed by atoms with Crippen molar-refractivity contribution in [1.29, 1.82) is 0 Å². The van der Waals surface area contributed by atoms with Crippen LogP contribution < -0.4 is 4.74 Å². The van der Waals surface area contributed by atoms with Gasteiger partial charge in [-0.15, -0.1) is 0 Å². The van der Waals surface area contributed by atoms with Crippen molar-refractivity contribution in [3.05, 3.63) is 106 Å². The second-order valence-electron chi connectivity index (χ2n) is 5.98. The molecule has 0 aromatic heterocycles. The molecule has 0 saturated heterocycles. The minimum absolute atomic E-state index is 0.0702. The van der Waals surface area contributed by atoms with Crippen LogP contribution in [0.3, 0.4) is 0 Å². The highest BCUT2D eigenvalue weighted by Crippen LogP contribution is 2.21. The van der Waals surface area contributed by atoms with Crippen LogP contribution in [0.25, 0.3) is 6.08 Å². The van der Waals surface area contributed by atoms with Crippen molar-refractivity contribution >= 4 is 29.4 Å². The molecule has 134 valence electrons. The molecule has 27 heavy (non-hydrogen) atoms. The zero-order valence-corrected chi connectivity index (χ0v) is 15.4. The summed E-state index contributed by atoms with van der Waals surface area (Å²) < 4.78 is 5.37. The Morgan fingerprint density at radius 2 is 1.59 bits per heavy atom. The Bertz CT molecular complexity index is 990. The lowest BCUT2D eigenvalue weighted by Crippen LogP contribution is -2.06. The number of benzene rings is 3. The van der Waals surface area contributed by atoms with Crippen LogP contribution in [-0.2, 0) is 4.79 Å². The number of aryl methyl sites for hydroxylation is 1. The highest BCUT2D eigenvalue weighted by atomic mass is 35.5. The molecule has 3 nitrogen and oxygen atoms in total. The van der Waals surface area contributed by atoms with E-state index in [-0.39, 0.29) is 5.78 Å². The van der Waals surface area contributed by atoms with Crippen molar-refractivity contribution in [3.8, 4) is 5.75 Å². The van der Waals surface area contributed by atoms with E-state index in [1.807, 2.05) is 18.2 Å². The maximum atomic E-state index is 12.5. The van der Waals surface area contributed by atoms with Gasteiger partial charge in [0.1, 0.15) is 5.75 Å². The lowest BCUT2D eigenvalue weighted by atomic mass is 10.0. The summed E-state index contributed by atoms with van der Waals surface area (Å²) in [6, 6.07) is 21.2. The predicted octanol–water partition coefficient (Wildman–Crippen LogP) is 5.50. The molecular formula is C23H17ClO3. The highest BCUT2D eigenvalue weighted by Gasteiger charge is 2.11. The smallest absolute Gasteiger partial charge is 0.336 e.